The van der Waals surface area contributed by atoms with Crippen LogP contribution in [0.5, 0.6) is 0 Å². The summed E-state index contributed by atoms with van der Waals surface area (Å²) in [6.07, 6.45) is 8.14. The van der Waals surface area contributed by atoms with Crippen LogP contribution in [0.25, 0.3) is 11.4 Å². The summed E-state index contributed by atoms with van der Waals surface area (Å²) in [4.78, 5) is 1.74. The smallest absolute Gasteiger partial charge is 0.164 e. The molecule has 0 atom stereocenters. The van der Waals surface area contributed by atoms with Crippen LogP contribution in [0, 0.1) is 12.8 Å². The van der Waals surface area contributed by atoms with Gasteiger partial charge in [-0.05, 0) is 30.9 Å². The maximum atomic E-state index is 4.47. The lowest BCUT2D eigenvalue weighted by Crippen LogP contribution is -2.04. The average Bonchev–Trinajstić information content (AvgIpc) is 3.11. The fourth-order valence-electron chi connectivity index (χ4n) is 2.98. The highest BCUT2D eigenvalue weighted by Crippen LogP contribution is 2.28. The molecule has 106 valence electrons. The molecule has 0 N–H and O–H groups in total. The fraction of sp³-hybridized carbons (Fsp3) is 0.562. The summed E-state index contributed by atoms with van der Waals surface area (Å²) >= 11 is 0. The summed E-state index contributed by atoms with van der Waals surface area (Å²) in [5, 5.41) is 12.8. The number of aromatic nitrogens is 4. The normalized spacial score (nSPS) is 15.8. The molecule has 1 heterocycles. The Labute approximate surface area is 120 Å². The quantitative estimate of drug-likeness (QED) is 0.833. The average molecular weight is 270 g/mol. The second kappa shape index (κ2) is 6.16. The van der Waals surface area contributed by atoms with Crippen molar-refractivity contribution < 1.29 is 0 Å². The Bertz CT molecular complexity index is 538. The predicted octanol–water partition coefficient (Wildman–Crippen LogP) is 3.62. The highest BCUT2D eigenvalue weighted by Gasteiger charge is 2.14. The minimum atomic E-state index is 0.728. The van der Waals surface area contributed by atoms with Crippen LogP contribution in [-0.2, 0) is 6.54 Å². The summed E-state index contributed by atoms with van der Waals surface area (Å²) in [6.45, 7) is 2.96. The summed E-state index contributed by atoms with van der Waals surface area (Å²) in [7, 11) is 0. The molecule has 4 heteroatoms. The van der Waals surface area contributed by atoms with Gasteiger partial charge in [-0.25, -0.2) is 0 Å². The van der Waals surface area contributed by atoms with E-state index in [9.17, 15) is 0 Å². The predicted molar refractivity (Wildman–Crippen MR) is 79.2 cm³/mol. The van der Waals surface area contributed by atoms with Crippen molar-refractivity contribution in [3.63, 3.8) is 0 Å². The van der Waals surface area contributed by atoms with Gasteiger partial charge in [0.15, 0.2) is 0 Å². The van der Waals surface area contributed by atoms with Gasteiger partial charge in [-0.2, -0.15) is 4.80 Å². The molecule has 0 amide bonds. The molecule has 0 unspecified atom stereocenters. The summed E-state index contributed by atoms with van der Waals surface area (Å²) in [5.74, 6) is 1.67. The van der Waals surface area contributed by atoms with Gasteiger partial charge in [-0.3, -0.25) is 0 Å². The van der Waals surface area contributed by atoms with Crippen LogP contribution >= 0.6 is 0 Å². The number of rotatable bonds is 5. The topological polar surface area (TPSA) is 43.6 Å². The van der Waals surface area contributed by atoms with E-state index in [1.165, 1.54) is 37.7 Å². The van der Waals surface area contributed by atoms with Crippen LogP contribution in [0.1, 0.15) is 44.1 Å². The van der Waals surface area contributed by atoms with Gasteiger partial charge in [0.05, 0.1) is 6.54 Å². The molecule has 1 fully saturated rings. The van der Waals surface area contributed by atoms with E-state index < -0.39 is 0 Å². The zero-order valence-corrected chi connectivity index (χ0v) is 12.1. The van der Waals surface area contributed by atoms with Gasteiger partial charge in [0.2, 0.25) is 5.82 Å². The van der Waals surface area contributed by atoms with Crippen molar-refractivity contribution in [3.8, 4) is 11.4 Å². The van der Waals surface area contributed by atoms with E-state index in [1.54, 1.807) is 4.80 Å². The zero-order chi connectivity index (χ0) is 13.8. The van der Waals surface area contributed by atoms with E-state index in [4.69, 9.17) is 0 Å². The van der Waals surface area contributed by atoms with Crippen molar-refractivity contribution in [2.24, 2.45) is 5.92 Å². The molecule has 1 saturated carbocycles. The standard InChI is InChI=1S/C16H22N4/c1-13-8-10-15(11-9-13)16-17-19-20(18-16)12-4-7-14-5-2-3-6-14/h8-11,14H,2-7,12H2,1H3. The van der Waals surface area contributed by atoms with E-state index in [0.717, 1.165) is 30.3 Å². The largest absolute Gasteiger partial charge is 0.204 e. The molecule has 4 nitrogen and oxygen atoms in total. The Morgan fingerprint density at radius 3 is 2.65 bits per heavy atom. The molecule has 2 aromatic rings. The van der Waals surface area contributed by atoms with Gasteiger partial charge in [0.1, 0.15) is 0 Å². The van der Waals surface area contributed by atoms with Crippen LogP contribution < -0.4 is 0 Å². The molecule has 0 aliphatic heterocycles. The van der Waals surface area contributed by atoms with Gasteiger partial charge in [-0.1, -0.05) is 55.5 Å². The van der Waals surface area contributed by atoms with E-state index >= 15 is 0 Å². The van der Waals surface area contributed by atoms with Crippen molar-refractivity contribution in [1.82, 2.24) is 20.2 Å². The molecule has 20 heavy (non-hydrogen) atoms. The lowest BCUT2D eigenvalue weighted by atomic mass is 10.0. The van der Waals surface area contributed by atoms with Crippen molar-refractivity contribution in [2.75, 3.05) is 0 Å². The number of hydrogen-bond acceptors (Lipinski definition) is 3. The molecule has 0 saturated heterocycles. The van der Waals surface area contributed by atoms with Gasteiger partial charge in [0, 0.05) is 5.56 Å². The van der Waals surface area contributed by atoms with Crippen molar-refractivity contribution in [3.05, 3.63) is 29.8 Å². The number of hydrogen-bond donors (Lipinski definition) is 0. The lowest BCUT2D eigenvalue weighted by molar-refractivity contribution is 0.422. The second-order valence-corrected chi connectivity index (χ2v) is 5.87. The monoisotopic (exact) mass is 270 g/mol. The molecule has 0 bridgehead atoms. The first kappa shape index (κ1) is 13.3. The summed E-state index contributed by atoms with van der Waals surface area (Å²) in [6, 6.07) is 8.26. The Kier molecular flexibility index (Phi) is 4.09. The Morgan fingerprint density at radius 1 is 1.15 bits per heavy atom. The Balaban J connectivity index is 1.55. The van der Waals surface area contributed by atoms with Crippen LogP contribution in [0.4, 0.5) is 0 Å². The van der Waals surface area contributed by atoms with Crippen LogP contribution in [0.3, 0.4) is 0 Å². The summed E-state index contributed by atoms with van der Waals surface area (Å²) < 4.78 is 0. The molecule has 1 aromatic heterocycles. The Morgan fingerprint density at radius 2 is 1.90 bits per heavy atom. The van der Waals surface area contributed by atoms with Gasteiger partial charge < -0.3 is 0 Å². The first-order valence-corrected chi connectivity index (χ1v) is 7.66. The highest BCUT2D eigenvalue weighted by atomic mass is 15.6. The van der Waals surface area contributed by atoms with Crippen LogP contribution in [0.15, 0.2) is 24.3 Å². The lowest BCUT2D eigenvalue weighted by Gasteiger charge is -2.06. The van der Waals surface area contributed by atoms with Crippen molar-refractivity contribution in [1.29, 1.82) is 0 Å². The number of tetrazole rings is 1. The molecular formula is C16H22N4. The first-order valence-electron chi connectivity index (χ1n) is 7.66. The van der Waals surface area contributed by atoms with E-state index in [1.807, 2.05) is 0 Å². The van der Waals surface area contributed by atoms with Gasteiger partial charge in [0.25, 0.3) is 0 Å². The van der Waals surface area contributed by atoms with Crippen LogP contribution in [0.2, 0.25) is 0 Å². The number of benzene rings is 1. The third-order valence-corrected chi connectivity index (χ3v) is 4.21. The third kappa shape index (κ3) is 3.24. The fourth-order valence-corrected chi connectivity index (χ4v) is 2.98. The highest BCUT2D eigenvalue weighted by molar-refractivity contribution is 5.53. The van der Waals surface area contributed by atoms with E-state index in [2.05, 4.69) is 46.6 Å². The minimum Gasteiger partial charge on any atom is -0.164 e. The van der Waals surface area contributed by atoms with Crippen LogP contribution in [-0.4, -0.2) is 20.2 Å². The number of aryl methyl sites for hydroxylation is 2. The first-order chi connectivity index (χ1) is 9.81. The van der Waals surface area contributed by atoms with Crippen molar-refractivity contribution in [2.45, 2.75) is 52.0 Å². The molecule has 1 aliphatic carbocycles. The van der Waals surface area contributed by atoms with Crippen molar-refractivity contribution >= 4 is 0 Å². The third-order valence-electron chi connectivity index (χ3n) is 4.21. The molecule has 1 aromatic carbocycles. The number of nitrogens with zero attached hydrogens (tertiary/aromatic N) is 4. The molecule has 1 aliphatic rings. The van der Waals surface area contributed by atoms with Gasteiger partial charge >= 0.3 is 0 Å². The molecule has 0 spiro atoms. The maximum Gasteiger partial charge on any atom is 0.204 e. The molecule has 0 radical (unpaired) electrons. The van der Waals surface area contributed by atoms with E-state index in [-0.39, 0.29) is 0 Å². The maximum absolute atomic E-state index is 4.47. The molecule has 3 rings (SSSR count). The SMILES string of the molecule is Cc1ccc(-c2nnn(CCCC3CCCC3)n2)cc1. The zero-order valence-electron chi connectivity index (χ0n) is 12.1. The Hall–Kier alpha value is -1.71. The summed E-state index contributed by atoms with van der Waals surface area (Å²) in [5.41, 5.74) is 2.29. The second-order valence-electron chi connectivity index (χ2n) is 5.87. The van der Waals surface area contributed by atoms with Gasteiger partial charge in [-0.15, -0.1) is 10.2 Å². The minimum absolute atomic E-state index is 0.728. The molecular weight excluding hydrogens is 248 g/mol. The van der Waals surface area contributed by atoms with E-state index in [0.29, 0.717) is 0 Å².